The predicted octanol–water partition coefficient (Wildman–Crippen LogP) is -0.207. The maximum absolute atomic E-state index is 12.1. The topological polar surface area (TPSA) is 20.9 Å². The number of thiazole rings is 1. The van der Waals surface area contributed by atoms with E-state index in [2.05, 4.69) is 16.9 Å². The first-order valence-electron chi connectivity index (χ1n) is 5.77. The number of hydrogen-bond acceptors (Lipinski definition) is 2. The fourth-order valence-electron chi connectivity index (χ4n) is 1.82. The van der Waals surface area contributed by atoms with Gasteiger partial charge in [-0.2, -0.15) is 4.57 Å². The van der Waals surface area contributed by atoms with Crippen molar-refractivity contribution in [2.45, 2.75) is 26.8 Å². The lowest BCUT2D eigenvalue weighted by Crippen LogP contribution is -3.00. The standard InChI is InChI=1S/C14H16NOS.BrH/c1-3-14-15(11(2)10-17-14)9-13(16)12-7-5-4-6-8-12;/h4-8,10H,3,9H2,1-2H3;1H/q+1;/p-1. The summed E-state index contributed by atoms with van der Waals surface area (Å²) in [6, 6.07) is 9.47. The molecule has 2 rings (SSSR count). The monoisotopic (exact) mass is 325 g/mol. The molecule has 1 aromatic heterocycles. The number of carbonyl (C=O) groups excluding carboxylic acids is 1. The summed E-state index contributed by atoms with van der Waals surface area (Å²) in [4.78, 5) is 12.1. The van der Waals surface area contributed by atoms with Crippen LogP contribution in [0.1, 0.15) is 28.0 Å². The third kappa shape index (κ3) is 3.27. The van der Waals surface area contributed by atoms with E-state index in [0.717, 1.165) is 17.7 Å². The number of aryl methyl sites for hydroxylation is 2. The van der Waals surface area contributed by atoms with E-state index in [0.29, 0.717) is 6.54 Å². The van der Waals surface area contributed by atoms with Crippen LogP contribution in [-0.2, 0) is 13.0 Å². The summed E-state index contributed by atoms with van der Waals surface area (Å²) in [5.74, 6) is 0.173. The molecule has 0 aliphatic rings. The highest BCUT2D eigenvalue weighted by molar-refractivity contribution is 7.09. The molecule has 0 atom stereocenters. The normalized spacial score (nSPS) is 9.89. The SMILES string of the molecule is CCc1scc(C)[n+]1CC(=O)c1ccccc1.[Br-]. The van der Waals surface area contributed by atoms with Gasteiger partial charge in [-0.1, -0.05) is 48.6 Å². The Morgan fingerprint density at radius 3 is 2.56 bits per heavy atom. The second-order valence-corrected chi connectivity index (χ2v) is 4.94. The molecular formula is C14H16BrNOS. The quantitative estimate of drug-likeness (QED) is 0.563. The molecule has 0 fully saturated rings. The number of ketones is 1. The summed E-state index contributed by atoms with van der Waals surface area (Å²) in [5, 5.41) is 3.36. The average molecular weight is 326 g/mol. The Kier molecular flexibility index (Phi) is 5.69. The van der Waals surface area contributed by atoms with Gasteiger partial charge in [0.1, 0.15) is 0 Å². The van der Waals surface area contributed by atoms with Gasteiger partial charge in [0, 0.05) is 18.9 Å². The van der Waals surface area contributed by atoms with E-state index in [4.69, 9.17) is 0 Å². The van der Waals surface area contributed by atoms with E-state index in [1.165, 1.54) is 5.01 Å². The van der Waals surface area contributed by atoms with Crippen LogP contribution in [0.3, 0.4) is 0 Å². The van der Waals surface area contributed by atoms with Gasteiger partial charge in [-0.05, 0) is 0 Å². The Morgan fingerprint density at radius 1 is 1.28 bits per heavy atom. The molecule has 0 unspecified atom stereocenters. The molecule has 18 heavy (non-hydrogen) atoms. The van der Waals surface area contributed by atoms with E-state index in [1.54, 1.807) is 11.3 Å². The number of Topliss-reactive ketones (excluding diaryl/α,β-unsaturated/α-hetero) is 1. The van der Waals surface area contributed by atoms with Crippen molar-refractivity contribution in [2.24, 2.45) is 0 Å². The lowest BCUT2D eigenvalue weighted by Gasteiger charge is -1.99. The maximum atomic E-state index is 12.1. The van der Waals surface area contributed by atoms with E-state index >= 15 is 0 Å². The summed E-state index contributed by atoms with van der Waals surface area (Å²) in [5.41, 5.74) is 1.95. The van der Waals surface area contributed by atoms with Crippen molar-refractivity contribution < 1.29 is 26.3 Å². The van der Waals surface area contributed by atoms with Crippen molar-refractivity contribution in [3.8, 4) is 0 Å². The minimum absolute atomic E-state index is 0. The van der Waals surface area contributed by atoms with Gasteiger partial charge in [-0.25, -0.2) is 0 Å². The Bertz CT molecular complexity index is 522. The third-order valence-electron chi connectivity index (χ3n) is 2.79. The van der Waals surface area contributed by atoms with Crippen LogP contribution >= 0.6 is 11.3 Å². The Morgan fingerprint density at radius 2 is 1.94 bits per heavy atom. The van der Waals surface area contributed by atoms with Crippen LogP contribution in [0.2, 0.25) is 0 Å². The number of aromatic nitrogens is 1. The van der Waals surface area contributed by atoms with Crippen molar-refractivity contribution in [1.82, 2.24) is 0 Å². The highest BCUT2D eigenvalue weighted by atomic mass is 79.9. The molecule has 0 amide bonds. The first kappa shape index (κ1) is 15.1. The number of carbonyl (C=O) groups is 1. The summed E-state index contributed by atoms with van der Waals surface area (Å²) >= 11 is 1.72. The van der Waals surface area contributed by atoms with Crippen LogP contribution in [0.15, 0.2) is 35.7 Å². The number of rotatable bonds is 4. The summed E-state index contributed by atoms with van der Waals surface area (Å²) < 4.78 is 2.11. The summed E-state index contributed by atoms with van der Waals surface area (Å²) in [7, 11) is 0. The fourth-order valence-corrected chi connectivity index (χ4v) is 2.76. The van der Waals surface area contributed by atoms with Gasteiger partial charge in [-0.3, -0.25) is 4.79 Å². The van der Waals surface area contributed by atoms with Crippen molar-refractivity contribution in [1.29, 1.82) is 0 Å². The first-order valence-corrected chi connectivity index (χ1v) is 6.65. The van der Waals surface area contributed by atoms with E-state index in [1.807, 2.05) is 37.3 Å². The van der Waals surface area contributed by atoms with Crippen LogP contribution in [0.5, 0.6) is 0 Å². The molecule has 2 aromatic rings. The molecule has 0 saturated heterocycles. The van der Waals surface area contributed by atoms with E-state index in [9.17, 15) is 4.79 Å². The largest absolute Gasteiger partial charge is 1.00 e. The molecule has 0 saturated carbocycles. The number of nitrogens with zero attached hydrogens (tertiary/aromatic N) is 1. The third-order valence-corrected chi connectivity index (χ3v) is 4.03. The van der Waals surface area contributed by atoms with Gasteiger partial charge >= 0.3 is 0 Å². The van der Waals surface area contributed by atoms with Crippen molar-refractivity contribution in [3.05, 3.63) is 52.0 Å². The van der Waals surface area contributed by atoms with Gasteiger partial charge < -0.3 is 17.0 Å². The van der Waals surface area contributed by atoms with E-state index in [-0.39, 0.29) is 22.8 Å². The van der Waals surface area contributed by atoms with Crippen LogP contribution in [0.4, 0.5) is 0 Å². The number of benzene rings is 1. The zero-order chi connectivity index (χ0) is 12.3. The van der Waals surface area contributed by atoms with Crippen LogP contribution < -0.4 is 21.5 Å². The zero-order valence-corrected chi connectivity index (χ0v) is 12.9. The molecule has 0 aliphatic heterocycles. The molecule has 1 aromatic carbocycles. The van der Waals surface area contributed by atoms with E-state index < -0.39 is 0 Å². The van der Waals surface area contributed by atoms with Crippen molar-refractivity contribution in [3.63, 3.8) is 0 Å². The molecule has 0 radical (unpaired) electrons. The van der Waals surface area contributed by atoms with Gasteiger partial charge in [-0.15, -0.1) is 0 Å². The van der Waals surface area contributed by atoms with Crippen LogP contribution in [0.25, 0.3) is 0 Å². The predicted molar refractivity (Wildman–Crippen MR) is 69.4 cm³/mol. The first-order chi connectivity index (χ1) is 8.22. The lowest BCUT2D eigenvalue weighted by atomic mass is 10.1. The molecule has 96 valence electrons. The molecule has 2 nitrogen and oxygen atoms in total. The smallest absolute Gasteiger partial charge is 0.237 e. The molecule has 0 bridgehead atoms. The van der Waals surface area contributed by atoms with Crippen molar-refractivity contribution >= 4 is 17.1 Å². The van der Waals surface area contributed by atoms with Gasteiger partial charge in [0.25, 0.3) is 0 Å². The number of halogens is 1. The molecular weight excluding hydrogens is 310 g/mol. The second kappa shape index (κ2) is 6.81. The molecule has 1 heterocycles. The average Bonchev–Trinajstić information content (AvgIpc) is 2.71. The van der Waals surface area contributed by atoms with Gasteiger partial charge in [0.05, 0.1) is 5.38 Å². The molecule has 4 heteroatoms. The van der Waals surface area contributed by atoms with Crippen molar-refractivity contribution in [2.75, 3.05) is 0 Å². The second-order valence-electron chi connectivity index (χ2n) is 4.00. The summed E-state index contributed by atoms with van der Waals surface area (Å²) in [6.07, 6.45) is 0.973. The minimum atomic E-state index is 0. The van der Waals surface area contributed by atoms with Crippen LogP contribution in [-0.4, -0.2) is 5.78 Å². The highest BCUT2D eigenvalue weighted by Gasteiger charge is 2.19. The summed E-state index contributed by atoms with van der Waals surface area (Å²) in [6.45, 7) is 4.62. The van der Waals surface area contributed by atoms with Crippen LogP contribution in [0, 0.1) is 6.92 Å². The maximum Gasteiger partial charge on any atom is 0.237 e. The zero-order valence-electron chi connectivity index (χ0n) is 10.5. The Hall–Kier alpha value is -1.000. The molecule has 0 aliphatic carbocycles. The lowest BCUT2D eigenvalue weighted by molar-refractivity contribution is -0.691. The Balaban J connectivity index is 0.00000162. The van der Waals surface area contributed by atoms with Gasteiger partial charge in [0.15, 0.2) is 5.69 Å². The molecule has 0 spiro atoms. The fraction of sp³-hybridized carbons (Fsp3) is 0.286. The minimum Gasteiger partial charge on any atom is -1.00 e. The molecule has 0 N–H and O–H groups in total. The Labute approximate surface area is 122 Å². The van der Waals surface area contributed by atoms with Gasteiger partial charge in [0.2, 0.25) is 17.3 Å². The highest BCUT2D eigenvalue weighted by Crippen LogP contribution is 2.08. The number of hydrogen-bond donors (Lipinski definition) is 0.